The third-order valence-corrected chi connectivity index (χ3v) is 9.28. The second-order valence-corrected chi connectivity index (χ2v) is 13.5. The Balaban J connectivity index is 0.000000223. The van der Waals surface area contributed by atoms with E-state index in [0.29, 0.717) is 10.6 Å². The number of sulfonamides is 2. The third kappa shape index (κ3) is 8.48. The van der Waals surface area contributed by atoms with Crippen LogP contribution < -0.4 is 28.4 Å². The molecule has 0 saturated carbocycles. The highest BCUT2D eigenvalue weighted by Gasteiger charge is 2.40. The Labute approximate surface area is 308 Å². The summed E-state index contributed by atoms with van der Waals surface area (Å²) in [5.41, 5.74) is -3.06. The number of methoxy groups -OCH3 is 3. The van der Waals surface area contributed by atoms with Crippen molar-refractivity contribution in [3.05, 3.63) is 71.8 Å². The summed E-state index contributed by atoms with van der Waals surface area (Å²) in [6.45, 7) is -1.32. The molecule has 2 aromatic carbocycles. The molecule has 0 aliphatic carbocycles. The van der Waals surface area contributed by atoms with Gasteiger partial charge >= 0.3 is 18.2 Å². The van der Waals surface area contributed by atoms with Gasteiger partial charge in [0.15, 0.2) is 17.2 Å². The maximum Gasteiger partial charge on any atom is 0.417 e. The lowest BCUT2D eigenvalue weighted by Gasteiger charge is -2.17. The Hall–Kier alpha value is -6.32. The minimum Gasteiger partial charge on any atom is -0.491 e. The molecule has 6 aromatic rings. The molecule has 0 aliphatic heterocycles. The highest BCUT2D eigenvalue weighted by atomic mass is 32.2. The molecule has 0 atom stereocenters. The van der Waals surface area contributed by atoms with Crippen molar-refractivity contribution in [2.75, 3.05) is 37.4 Å². The Morgan fingerprint density at radius 2 is 1.34 bits per heavy atom. The summed E-state index contributed by atoms with van der Waals surface area (Å²) in [5, 5.41) is 6.45. The van der Waals surface area contributed by atoms with E-state index in [9.17, 15) is 52.0 Å². The average Bonchev–Trinajstić information content (AvgIpc) is 3.78. The van der Waals surface area contributed by atoms with E-state index in [0.717, 1.165) is 41.0 Å². The van der Waals surface area contributed by atoms with Crippen LogP contribution in [0.25, 0.3) is 11.3 Å². The van der Waals surface area contributed by atoms with E-state index in [1.54, 1.807) is 9.44 Å². The van der Waals surface area contributed by atoms with Crippen LogP contribution in [0.15, 0.2) is 58.8 Å². The van der Waals surface area contributed by atoms with Crippen LogP contribution in [0.3, 0.4) is 0 Å². The van der Waals surface area contributed by atoms with Crippen molar-refractivity contribution in [2.45, 2.75) is 22.7 Å². The Bertz CT molecular complexity index is 2570. The van der Waals surface area contributed by atoms with E-state index in [2.05, 4.69) is 34.9 Å². The molecule has 0 amide bonds. The third-order valence-electron chi connectivity index (χ3n) is 6.74. The number of ether oxygens (including phenoxy) is 4. The number of alkyl halides is 5. The van der Waals surface area contributed by atoms with Crippen LogP contribution in [0.4, 0.5) is 46.8 Å². The Morgan fingerprint density at radius 1 is 0.732 bits per heavy atom. The van der Waals surface area contributed by atoms with Gasteiger partial charge in [0.2, 0.25) is 5.65 Å². The second-order valence-electron chi connectivity index (χ2n) is 10.3. The van der Waals surface area contributed by atoms with Crippen LogP contribution in [0.2, 0.25) is 0 Å². The monoisotopic (exact) mass is 842 g/mol. The first-order valence-electron chi connectivity index (χ1n) is 14.7. The SMILES string of the molecule is COc1cnc(OC)n2nc(NS(=O)(=O)c3c(OCC(F)F)cccc3C(F)(F)F)nc12.COc1ncc(F)c2nc(S(=O)(=O)Nc3c(F)cccc3F)nn12. The van der Waals surface area contributed by atoms with Crippen molar-refractivity contribution in [1.82, 2.24) is 39.2 Å². The summed E-state index contributed by atoms with van der Waals surface area (Å²) in [7, 11) is -5.93. The summed E-state index contributed by atoms with van der Waals surface area (Å²) in [6.07, 6.45) is -6.23. The topological polar surface area (TPSA) is 215 Å². The van der Waals surface area contributed by atoms with Gasteiger partial charge in [0.05, 0.1) is 39.3 Å². The summed E-state index contributed by atoms with van der Waals surface area (Å²) in [5.74, 6) is -4.75. The molecule has 28 heteroatoms. The molecule has 0 radical (unpaired) electrons. The molecule has 0 saturated heterocycles. The van der Waals surface area contributed by atoms with E-state index < -0.39 is 95.4 Å². The molecular weight excluding hydrogens is 820 g/mol. The minimum atomic E-state index is -5.14. The Morgan fingerprint density at radius 3 is 1.93 bits per heavy atom. The van der Waals surface area contributed by atoms with E-state index in [1.165, 1.54) is 27.5 Å². The van der Waals surface area contributed by atoms with Gasteiger partial charge < -0.3 is 18.9 Å². The van der Waals surface area contributed by atoms with E-state index in [-0.39, 0.29) is 23.4 Å². The highest BCUT2D eigenvalue weighted by molar-refractivity contribution is 7.93. The number of nitrogens with one attached hydrogen (secondary N) is 2. The van der Waals surface area contributed by atoms with Gasteiger partial charge in [-0.3, -0.25) is 4.72 Å². The summed E-state index contributed by atoms with van der Waals surface area (Å²) in [4.78, 5) is 13.4. The van der Waals surface area contributed by atoms with E-state index in [4.69, 9.17) is 14.2 Å². The van der Waals surface area contributed by atoms with E-state index in [1.807, 2.05) is 0 Å². The van der Waals surface area contributed by atoms with Gasteiger partial charge in [-0.1, -0.05) is 12.1 Å². The van der Waals surface area contributed by atoms with Crippen molar-refractivity contribution in [1.29, 1.82) is 0 Å². The van der Waals surface area contributed by atoms with Crippen molar-refractivity contribution < 1.29 is 70.9 Å². The van der Waals surface area contributed by atoms with E-state index >= 15 is 0 Å². The quantitative estimate of drug-likeness (QED) is 0.167. The zero-order chi connectivity index (χ0) is 41.2. The van der Waals surface area contributed by atoms with Crippen molar-refractivity contribution in [3.63, 3.8) is 0 Å². The molecule has 4 aromatic heterocycles. The number of benzene rings is 2. The first-order chi connectivity index (χ1) is 26.3. The lowest BCUT2D eigenvalue weighted by molar-refractivity contribution is -0.140. The number of fused-ring (bicyclic) bond motifs is 2. The number of para-hydroxylation sites is 1. The first-order valence-corrected chi connectivity index (χ1v) is 17.7. The summed E-state index contributed by atoms with van der Waals surface area (Å²) < 4.78 is 181. The van der Waals surface area contributed by atoms with Gasteiger partial charge in [-0.25, -0.2) is 40.1 Å². The fourth-order valence-electron chi connectivity index (χ4n) is 4.45. The summed E-state index contributed by atoms with van der Waals surface area (Å²) in [6, 6.07) is 4.56. The molecular formula is C28H22F8N10O8S2. The van der Waals surface area contributed by atoms with Gasteiger partial charge in [0.1, 0.15) is 34.6 Å². The summed E-state index contributed by atoms with van der Waals surface area (Å²) >= 11 is 0. The normalized spacial score (nSPS) is 12.0. The van der Waals surface area contributed by atoms with Gasteiger partial charge in [-0.05, 0) is 24.3 Å². The number of rotatable bonds is 12. The van der Waals surface area contributed by atoms with Gasteiger partial charge in [0.25, 0.3) is 37.6 Å². The zero-order valence-electron chi connectivity index (χ0n) is 28.1. The van der Waals surface area contributed by atoms with Crippen LogP contribution in [0, 0.1) is 17.5 Å². The number of anilines is 2. The van der Waals surface area contributed by atoms with Crippen molar-refractivity contribution in [2.24, 2.45) is 0 Å². The van der Waals surface area contributed by atoms with Crippen LogP contribution in [-0.2, 0) is 26.2 Å². The van der Waals surface area contributed by atoms with Crippen molar-refractivity contribution >= 4 is 43.0 Å². The molecule has 56 heavy (non-hydrogen) atoms. The zero-order valence-corrected chi connectivity index (χ0v) is 29.7. The van der Waals surface area contributed by atoms with Crippen molar-refractivity contribution in [3.8, 4) is 23.5 Å². The number of halogens is 8. The molecule has 0 aliphatic rings. The van der Waals surface area contributed by atoms with Crippen LogP contribution in [0.1, 0.15) is 5.56 Å². The number of hydrogen-bond donors (Lipinski definition) is 2. The lowest BCUT2D eigenvalue weighted by atomic mass is 10.2. The predicted octanol–water partition coefficient (Wildman–Crippen LogP) is 3.96. The fourth-order valence-corrected chi connectivity index (χ4v) is 6.69. The predicted molar refractivity (Wildman–Crippen MR) is 172 cm³/mol. The molecule has 0 unspecified atom stereocenters. The molecule has 0 spiro atoms. The molecule has 18 nitrogen and oxygen atoms in total. The minimum absolute atomic E-state index is 0.0559. The molecule has 6 rings (SSSR count). The number of aromatic nitrogens is 8. The first kappa shape index (κ1) is 40.9. The Kier molecular flexibility index (Phi) is 11.5. The fraction of sp³-hybridized carbons (Fsp3) is 0.214. The standard InChI is InChI=1S/C16H14F5N5O5S.C12H8F3N5O3S/c1-29-10-6-22-15(30-2)26-13(10)23-14(24-26)25-32(27,28)12-8(16(19,20)21)4-3-5-9(12)31-7-11(17)18;1-23-12-16-5-8(15)10-17-11(18-20(10)12)24(21,22)19-9-6(13)3-2-4-7(9)14/h3-6,11H,7H2,1-2H3,(H,24,25);2-5,19H,1H3. The number of nitrogens with zero attached hydrogens (tertiary/aromatic N) is 8. The van der Waals surface area contributed by atoms with Gasteiger partial charge in [0, 0.05) is 0 Å². The molecule has 2 N–H and O–H groups in total. The highest BCUT2D eigenvalue weighted by Crippen LogP contribution is 2.39. The maximum atomic E-state index is 13.7. The maximum absolute atomic E-state index is 13.7. The van der Waals surface area contributed by atoms with Crippen LogP contribution in [0.5, 0.6) is 23.5 Å². The van der Waals surface area contributed by atoms with Crippen LogP contribution >= 0.6 is 0 Å². The second kappa shape index (κ2) is 15.8. The molecule has 4 heterocycles. The van der Waals surface area contributed by atoms with Gasteiger partial charge in [-0.2, -0.15) is 45.6 Å². The molecule has 300 valence electrons. The molecule has 0 bridgehead atoms. The largest absolute Gasteiger partial charge is 0.491 e. The number of hydrogen-bond acceptors (Lipinski definition) is 14. The smallest absolute Gasteiger partial charge is 0.417 e. The lowest BCUT2D eigenvalue weighted by Crippen LogP contribution is -2.21. The van der Waals surface area contributed by atoms with Gasteiger partial charge in [-0.15, -0.1) is 10.2 Å². The average molecular weight is 843 g/mol. The van der Waals surface area contributed by atoms with Crippen LogP contribution in [-0.4, -0.2) is 90.4 Å². The molecule has 0 fully saturated rings.